The Labute approximate surface area is 125 Å². The molecule has 2 rings (SSSR count). The average molecular weight is 359 g/mol. The maximum atomic E-state index is 13.2. The first-order valence-corrected chi connectivity index (χ1v) is 7.00. The molecule has 0 spiro atoms. The highest BCUT2D eigenvalue weighted by molar-refractivity contribution is 9.11. The number of benzene rings is 1. The molecule has 0 aliphatic rings. The van der Waals surface area contributed by atoms with E-state index in [2.05, 4.69) is 21.2 Å². The molecule has 1 N–H and O–H groups in total. The molecule has 0 fully saturated rings. The van der Waals surface area contributed by atoms with Gasteiger partial charge >= 0.3 is 0 Å². The van der Waals surface area contributed by atoms with Gasteiger partial charge in [0.05, 0.1) is 25.3 Å². The second-order valence-electron chi connectivity index (χ2n) is 3.98. The molecule has 1 amide bonds. The number of hydrogen-bond acceptors (Lipinski definition) is 4. The smallest absolute Gasteiger partial charge is 0.274 e. The van der Waals surface area contributed by atoms with Crippen molar-refractivity contribution >= 4 is 44.5 Å². The van der Waals surface area contributed by atoms with Crippen LogP contribution in [0.25, 0.3) is 0 Å². The van der Waals surface area contributed by atoms with E-state index in [1.165, 1.54) is 11.3 Å². The van der Waals surface area contributed by atoms with Crippen LogP contribution in [-0.2, 0) is 0 Å². The highest BCUT2D eigenvalue weighted by Crippen LogP contribution is 2.28. The molecule has 1 aromatic carbocycles. The molecule has 1 heterocycles. The number of nitro groups is 1. The van der Waals surface area contributed by atoms with Crippen molar-refractivity contribution in [2.45, 2.75) is 6.92 Å². The van der Waals surface area contributed by atoms with E-state index in [1.807, 2.05) is 6.92 Å². The number of nitrogens with one attached hydrogen (secondary N) is 1. The van der Waals surface area contributed by atoms with Crippen LogP contribution in [0.5, 0.6) is 0 Å². The number of nitrogens with zero attached hydrogens (tertiary/aromatic N) is 1. The van der Waals surface area contributed by atoms with E-state index in [9.17, 15) is 19.3 Å². The Bertz CT molecular complexity index is 683. The summed E-state index contributed by atoms with van der Waals surface area (Å²) in [6, 6.07) is 4.61. The van der Waals surface area contributed by atoms with Gasteiger partial charge in [-0.05, 0) is 40.5 Å². The minimum atomic E-state index is -0.780. The molecule has 0 saturated carbocycles. The summed E-state index contributed by atoms with van der Waals surface area (Å²) in [6.07, 6.45) is 0. The normalized spacial score (nSPS) is 10.3. The number of carbonyl (C=O) groups is 1. The highest BCUT2D eigenvalue weighted by atomic mass is 79.9. The van der Waals surface area contributed by atoms with E-state index in [0.717, 1.165) is 27.5 Å². The third-order valence-corrected chi connectivity index (χ3v) is 4.57. The summed E-state index contributed by atoms with van der Waals surface area (Å²) in [5.41, 5.74) is 0.540. The van der Waals surface area contributed by atoms with E-state index in [0.29, 0.717) is 4.88 Å². The number of thiophene rings is 1. The van der Waals surface area contributed by atoms with Gasteiger partial charge in [-0.3, -0.25) is 14.9 Å². The summed E-state index contributed by atoms with van der Waals surface area (Å²) in [5, 5.41) is 13.1. The van der Waals surface area contributed by atoms with Crippen molar-refractivity contribution < 1.29 is 14.1 Å². The van der Waals surface area contributed by atoms with Crippen LogP contribution in [0.1, 0.15) is 15.2 Å². The fourth-order valence-corrected chi connectivity index (χ4v) is 2.95. The van der Waals surface area contributed by atoms with Crippen LogP contribution >= 0.6 is 27.3 Å². The number of hydrogen-bond donors (Lipinski definition) is 1. The molecule has 2 aromatic rings. The van der Waals surface area contributed by atoms with E-state index in [4.69, 9.17) is 0 Å². The largest absolute Gasteiger partial charge is 0.321 e. The molecule has 0 saturated heterocycles. The molecule has 1 aromatic heterocycles. The van der Waals surface area contributed by atoms with Crippen molar-refractivity contribution in [3.05, 3.63) is 54.4 Å². The number of carbonyl (C=O) groups excluding carboxylic acids is 1. The van der Waals surface area contributed by atoms with Crippen molar-refractivity contribution in [1.29, 1.82) is 0 Å². The van der Waals surface area contributed by atoms with Crippen LogP contribution in [0.15, 0.2) is 28.1 Å². The van der Waals surface area contributed by atoms with Gasteiger partial charge in [-0.2, -0.15) is 0 Å². The molecule has 0 bridgehead atoms. The van der Waals surface area contributed by atoms with Crippen molar-refractivity contribution in [2.75, 3.05) is 5.32 Å². The zero-order valence-electron chi connectivity index (χ0n) is 10.1. The van der Waals surface area contributed by atoms with Crippen LogP contribution in [0, 0.1) is 22.9 Å². The fourth-order valence-electron chi connectivity index (χ4n) is 1.52. The summed E-state index contributed by atoms with van der Waals surface area (Å²) in [4.78, 5) is 22.3. The van der Waals surface area contributed by atoms with Gasteiger partial charge in [0.15, 0.2) is 0 Å². The number of aryl methyl sites for hydroxylation is 1. The Morgan fingerprint density at radius 3 is 2.65 bits per heavy atom. The number of rotatable bonds is 3. The Kier molecular flexibility index (Phi) is 4.15. The average Bonchev–Trinajstić information content (AvgIpc) is 2.69. The van der Waals surface area contributed by atoms with Gasteiger partial charge in [-0.1, -0.05) is 0 Å². The van der Waals surface area contributed by atoms with Crippen molar-refractivity contribution in [3.63, 3.8) is 0 Å². The number of halogens is 2. The van der Waals surface area contributed by atoms with Gasteiger partial charge < -0.3 is 5.32 Å². The van der Waals surface area contributed by atoms with Crippen molar-refractivity contribution in [1.82, 2.24) is 0 Å². The second-order valence-corrected chi connectivity index (χ2v) is 6.35. The lowest BCUT2D eigenvalue weighted by molar-refractivity contribution is -0.385. The lowest BCUT2D eigenvalue weighted by Gasteiger charge is -2.03. The van der Waals surface area contributed by atoms with Gasteiger partial charge in [0.25, 0.3) is 11.6 Å². The quantitative estimate of drug-likeness (QED) is 0.662. The van der Waals surface area contributed by atoms with Gasteiger partial charge in [0, 0.05) is 6.07 Å². The van der Waals surface area contributed by atoms with Crippen LogP contribution in [0.3, 0.4) is 0 Å². The van der Waals surface area contributed by atoms with Gasteiger partial charge in [-0.15, -0.1) is 11.3 Å². The Balaban J connectivity index is 2.25. The van der Waals surface area contributed by atoms with E-state index in [1.54, 1.807) is 6.07 Å². The third-order valence-electron chi connectivity index (χ3n) is 2.43. The monoisotopic (exact) mass is 358 g/mol. The molecular formula is C12H8BrFN2O3S. The SMILES string of the molecule is Cc1cc(C(=O)Nc2cc(F)cc([N+](=O)[O-])c2)sc1Br. The molecule has 0 atom stereocenters. The molecule has 0 unspecified atom stereocenters. The number of amides is 1. The molecule has 0 radical (unpaired) electrons. The lowest BCUT2D eigenvalue weighted by Crippen LogP contribution is -2.10. The predicted octanol–water partition coefficient (Wildman–Crippen LogP) is 4.12. The maximum Gasteiger partial charge on any atom is 0.274 e. The summed E-state index contributed by atoms with van der Waals surface area (Å²) in [5.74, 6) is -1.22. The Morgan fingerprint density at radius 1 is 1.40 bits per heavy atom. The summed E-state index contributed by atoms with van der Waals surface area (Å²) in [7, 11) is 0. The van der Waals surface area contributed by atoms with Gasteiger partial charge in [0.2, 0.25) is 0 Å². The molecular weight excluding hydrogens is 351 g/mol. The topological polar surface area (TPSA) is 72.2 Å². The minimum Gasteiger partial charge on any atom is -0.321 e. The summed E-state index contributed by atoms with van der Waals surface area (Å²) >= 11 is 4.53. The Hall–Kier alpha value is -1.80. The maximum absolute atomic E-state index is 13.2. The molecule has 20 heavy (non-hydrogen) atoms. The van der Waals surface area contributed by atoms with Crippen LogP contribution in [-0.4, -0.2) is 10.8 Å². The van der Waals surface area contributed by atoms with E-state index in [-0.39, 0.29) is 5.69 Å². The third kappa shape index (κ3) is 3.20. The van der Waals surface area contributed by atoms with Gasteiger partial charge in [-0.25, -0.2) is 4.39 Å². The Morgan fingerprint density at radius 2 is 2.10 bits per heavy atom. The first kappa shape index (κ1) is 14.6. The van der Waals surface area contributed by atoms with Crippen LogP contribution in [0.2, 0.25) is 0 Å². The van der Waals surface area contributed by atoms with Crippen molar-refractivity contribution in [3.8, 4) is 0 Å². The van der Waals surface area contributed by atoms with Crippen LogP contribution in [0.4, 0.5) is 15.8 Å². The molecule has 5 nitrogen and oxygen atoms in total. The zero-order valence-corrected chi connectivity index (χ0v) is 12.5. The first-order chi connectivity index (χ1) is 9.36. The highest BCUT2D eigenvalue weighted by Gasteiger charge is 2.14. The minimum absolute atomic E-state index is 0.0453. The molecule has 8 heteroatoms. The standard InChI is InChI=1S/C12H8BrFN2O3S/c1-6-2-10(20-11(6)13)12(17)15-8-3-7(14)4-9(5-8)16(18)19/h2-5H,1H3,(H,15,17). The number of non-ortho nitro benzene ring substituents is 1. The molecule has 0 aliphatic carbocycles. The van der Waals surface area contributed by atoms with E-state index < -0.39 is 22.3 Å². The summed E-state index contributed by atoms with van der Waals surface area (Å²) in [6.45, 7) is 1.84. The van der Waals surface area contributed by atoms with E-state index >= 15 is 0 Å². The van der Waals surface area contributed by atoms with Crippen molar-refractivity contribution in [2.24, 2.45) is 0 Å². The van der Waals surface area contributed by atoms with Gasteiger partial charge in [0.1, 0.15) is 5.82 Å². The number of anilines is 1. The zero-order chi connectivity index (χ0) is 14.9. The molecule has 0 aliphatic heterocycles. The second kappa shape index (κ2) is 5.68. The number of nitro benzene ring substituents is 1. The first-order valence-electron chi connectivity index (χ1n) is 5.39. The predicted molar refractivity (Wildman–Crippen MR) is 77.8 cm³/mol. The van der Waals surface area contributed by atoms with Crippen LogP contribution < -0.4 is 5.32 Å². The fraction of sp³-hybridized carbons (Fsp3) is 0.0833. The lowest BCUT2D eigenvalue weighted by atomic mass is 10.2. The summed E-state index contributed by atoms with van der Waals surface area (Å²) < 4.78 is 14.1. The molecule has 104 valence electrons.